The topological polar surface area (TPSA) is 90.0 Å². The molecule has 0 spiro atoms. The second-order valence-corrected chi connectivity index (χ2v) is 25.8. The highest BCUT2D eigenvalue weighted by Gasteiger charge is 2.40. The maximum Gasteiger partial charge on any atom is 0.306 e. The minimum absolute atomic E-state index is 0.111. The van der Waals surface area contributed by atoms with Gasteiger partial charge in [0.25, 0.3) is 0 Å². The number of hydrogen-bond donors (Lipinski definition) is 0. The lowest BCUT2D eigenvalue weighted by Crippen LogP contribution is -2.52. The van der Waals surface area contributed by atoms with Gasteiger partial charge in [-0.15, -0.1) is 0 Å². The van der Waals surface area contributed by atoms with Gasteiger partial charge in [-0.05, 0) is 142 Å². The number of esters is 2. The first kappa shape index (κ1) is 81.0. The minimum Gasteiger partial charge on any atom is -0.456 e. The lowest BCUT2D eigenvalue weighted by Gasteiger charge is -2.36. The summed E-state index contributed by atoms with van der Waals surface area (Å²) >= 11 is 0. The number of rotatable bonds is 65. The Morgan fingerprint density at radius 1 is 0.298 bits per heavy atom. The Kier molecular flexibility index (Phi) is 62.2. The van der Waals surface area contributed by atoms with E-state index in [2.05, 4.69) is 76.3 Å². The summed E-state index contributed by atoms with van der Waals surface area (Å²) in [5.74, 6) is -1.15. The summed E-state index contributed by atoms with van der Waals surface area (Å²) in [7, 11) is 0. The van der Waals surface area contributed by atoms with Gasteiger partial charge >= 0.3 is 11.9 Å². The molecule has 0 aromatic heterocycles. The van der Waals surface area contributed by atoms with E-state index in [0.717, 1.165) is 135 Å². The molecule has 0 aliphatic carbocycles. The highest BCUT2D eigenvalue weighted by molar-refractivity contribution is 5.95. The first-order valence-corrected chi connectivity index (χ1v) is 37.0. The van der Waals surface area contributed by atoms with Crippen molar-refractivity contribution in [3.63, 3.8) is 0 Å². The Balaban J connectivity index is 5.68. The number of unbranched alkanes of at least 4 members (excludes halogenated alkanes) is 44. The van der Waals surface area contributed by atoms with E-state index in [9.17, 15) is 19.2 Å². The van der Waals surface area contributed by atoms with Gasteiger partial charge in [0.15, 0.2) is 6.10 Å². The molecular weight excluding hydrogens is 1030 g/mol. The first-order chi connectivity index (χ1) is 41.1. The van der Waals surface area contributed by atoms with Crippen LogP contribution in [-0.2, 0) is 28.7 Å². The Morgan fingerprint density at radius 3 is 0.774 bits per heavy atom. The van der Waals surface area contributed by atoms with Crippen LogP contribution in [0.15, 0.2) is 48.6 Å². The van der Waals surface area contributed by atoms with Crippen molar-refractivity contribution >= 4 is 23.8 Å². The molecular formula is C77H141NO6. The zero-order valence-corrected chi connectivity index (χ0v) is 56.9. The maximum absolute atomic E-state index is 14.3. The summed E-state index contributed by atoms with van der Waals surface area (Å²) < 4.78 is 12.5. The van der Waals surface area contributed by atoms with Gasteiger partial charge in [0.1, 0.15) is 5.60 Å². The molecule has 490 valence electrons. The molecule has 1 unspecified atom stereocenters. The van der Waals surface area contributed by atoms with Gasteiger partial charge in [0.2, 0.25) is 11.8 Å². The maximum atomic E-state index is 14.3. The number of nitrogens with zero attached hydrogens (tertiary/aromatic N) is 1. The molecule has 0 rings (SSSR count). The fraction of sp³-hybridized carbons (Fsp3) is 0.844. The van der Waals surface area contributed by atoms with Gasteiger partial charge in [-0.1, -0.05) is 282 Å². The molecule has 0 radical (unpaired) electrons. The average Bonchev–Trinajstić information content (AvgIpc) is 3.38. The number of carbonyl (C=O) groups excluding carboxylic acids is 4. The molecule has 7 heteroatoms. The van der Waals surface area contributed by atoms with Crippen LogP contribution in [0.4, 0.5) is 0 Å². The largest absolute Gasteiger partial charge is 0.456 e. The molecule has 0 aromatic rings. The van der Waals surface area contributed by atoms with E-state index in [1.807, 2.05) is 0 Å². The number of hydrogen-bond acceptors (Lipinski definition) is 6. The highest BCUT2D eigenvalue weighted by atomic mass is 16.6. The van der Waals surface area contributed by atoms with Crippen molar-refractivity contribution in [3.05, 3.63) is 48.6 Å². The number of allylic oxidation sites excluding steroid dienone is 8. The SMILES string of the molecule is CCCCCCCC/C=C\CCCCCCCC(=O)OC(CN(C(=O)CCCCCCC/C=C\CCCCCCCC)C(=O)CCCCCCC/C=C\CCCCCCCC)C(C)(C)OC(=O)CCCCCCC/C=C\CCCCCCCC. The molecule has 0 fully saturated rings. The zero-order chi connectivity index (χ0) is 61.3. The van der Waals surface area contributed by atoms with Gasteiger partial charge in [0, 0.05) is 25.7 Å². The quantitative estimate of drug-likeness (QED) is 0.0342. The van der Waals surface area contributed by atoms with Gasteiger partial charge in [-0.2, -0.15) is 0 Å². The van der Waals surface area contributed by atoms with E-state index in [4.69, 9.17) is 9.47 Å². The lowest BCUT2D eigenvalue weighted by molar-refractivity contribution is -0.184. The summed E-state index contributed by atoms with van der Waals surface area (Å²) in [6.45, 7) is 12.5. The van der Waals surface area contributed by atoms with Crippen LogP contribution in [0.1, 0.15) is 401 Å². The van der Waals surface area contributed by atoms with Gasteiger partial charge in [-0.3, -0.25) is 24.1 Å². The summed E-state index contributed by atoms with van der Waals surface area (Å²) in [6, 6.07) is 0. The van der Waals surface area contributed by atoms with Crippen LogP contribution < -0.4 is 0 Å². The fourth-order valence-corrected chi connectivity index (χ4v) is 11.2. The first-order valence-electron chi connectivity index (χ1n) is 37.0. The second kappa shape index (κ2) is 64.5. The van der Waals surface area contributed by atoms with Crippen LogP contribution in [0.5, 0.6) is 0 Å². The van der Waals surface area contributed by atoms with E-state index in [-0.39, 0.29) is 56.0 Å². The smallest absolute Gasteiger partial charge is 0.306 e. The van der Waals surface area contributed by atoms with E-state index in [0.29, 0.717) is 19.3 Å². The molecule has 0 N–H and O–H groups in total. The van der Waals surface area contributed by atoms with Crippen LogP contribution in [0.2, 0.25) is 0 Å². The van der Waals surface area contributed by atoms with E-state index < -0.39 is 11.7 Å². The van der Waals surface area contributed by atoms with E-state index in [1.165, 1.54) is 185 Å². The summed E-state index contributed by atoms with van der Waals surface area (Å²) in [5, 5.41) is 0. The molecule has 1 atom stereocenters. The Bertz CT molecular complexity index is 1530. The summed E-state index contributed by atoms with van der Waals surface area (Å²) in [5.41, 5.74) is -1.25. The van der Waals surface area contributed by atoms with Crippen LogP contribution in [0.3, 0.4) is 0 Å². The predicted molar refractivity (Wildman–Crippen MR) is 365 cm³/mol. The second-order valence-electron chi connectivity index (χ2n) is 25.8. The summed E-state index contributed by atoms with van der Waals surface area (Å²) in [4.78, 5) is 57.2. The monoisotopic (exact) mass is 1180 g/mol. The molecule has 84 heavy (non-hydrogen) atoms. The minimum atomic E-state index is -1.25. The lowest BCUT2D eigenvalue weighted by atomic mass is 9.99. The Hall–Kier alpha value is -2.96. The Labute approximate surface area is 522 Å². The van der Waals surface area contributed by atoms with Gasteiger partial charge in [-0.25, -0.2) is 0 Å². The number of amides is 2. The fourth-order valence-electron chi connectivity index (χ4n) is 11.2. The molecule has 0 heterocycles. The normalized spacial score (nSPS) is 12.5. The van der Waals surface area contributed by atoms with E-state index in [1.54, 1.807) is 13.8 Å². The third-order valence-electron chi connectivity index (χ3n) is 17.0. The van der Waals surface area contributed by atoms with Crippen molar-refractivity contribution in [1.29, 1.82) is 0 Å². The van der Waals surface area contributed by atoms with Crippen LogP contribution in [-0.4, -0.2) is 46.9 Å². The molecule has 2 amide bonds. The predicted octanol–water partition coefficient (Wildman–Crippen LogP) is 24.7. The Morgan fingerprint density at radius 2 is 0.512 bits per heavy atom. The molecule has 0 saturated heterocycles. The molecule has 0 saturated carbocycles. The third kappa shape index (κ3) is 56.8. The molecule has 0 aliphatic heterocycles. The number of carbonyl (C=O) groups is 4. The standard InChI is InChI=1S/C77H141NO6/c1-7-11-15-19-23-27-31-35-39-43-47-51-55-59-63-67-73(79)78(74(80)68-64-60-56-52-48-44-40-36-32-28-24-20-16-12-8-2)71-72(83-75(81)69-65-61-57-53-49-45-41-37-33-29-25-21-17-13-9-3)77(5,6)84-76(82)70-66-62-58-54-50-46-42-38-34-30-26-22-18-14-10-4/h35-42,72H,7-34,43-71H2,1-6H3/b39-35-,40-36-,41-37-,42-38-. The highest BCUT2D eigenvalue weighted by Crippen LogP contribution is 2.25. The number of imide groups is 1. The van der Waals surface area contributed by atoms with Crippen molar-refractivity contribution in [3.8, 4) is 0 Å². The van der Waals surface area contributed by atoms with E-state index >= 15 is 0 Å². The van der Waals surface area contributed by atoms with Crippen molar-refractivity contribution in [1.82, 2.24) is 4.90 Å². The molecule has 0 aromatic carbocycles. The van der Waals surface area contributed by atoms with Crippen LogP contribution in [0.25, 0.3) is 0 Å². The van der Waals surface area contributed by atoms with Gasteiger partial charge < -0.3 is 9.47 Å². The third-order valence-corrected chi connectivity index (χ3v) is 17.0. The summed E-state index contributed by atoms with van der Waals surface area (Å²) in [6.07, 6.45) is 79.9. The number of ether oxygens (including phenoxy) is 2. The van der Waals surface area contributed by atoms with Crippen molar-refractivity contribution in [2.45, 2.75) is 413 Å². The molecule has 7 nitrogen and oxygen atoms in total. The average molecular weight is 1180 g/mol. The molecule has 0 bridgehead atoms. The van der Waals surface area contributed by atoms with Crippen molar-refractivity contribution in [2.24, 2.45) is 0 Å². The zero-order valence-electron chi connectivity index (χ0n) is 56.9. The van der Waals surface area contributed by atoms with Gasteiger partial charge in [0.05, 0.1) is 6.54 Å². The van der Waals surface area contributed by atoms with Crippen LogP contribution in [0, 0.1) is 0 Å². The van der Waals surface area contributed by atoms with Crippen molar-refractivity contribution < 1.29 is 28.7 Å². The van der Waals surface area contributed by atoms with Crippen molar-refractivity contribution in [2.75, 3.05) is 6.54 Å². The molecule has 0 aliphatic rings. The van der Waals surface area contributed by atoms with Crippen LogP contribution >= 0.6 is 0 Å².